The van der Waals surface area contributed by atoms with Crippen molar-refractivity contribution in [1.82, 2.24) is 4.90 Å². The van der Waals surface area contributed by atoms with E-state index in [4.69, 9.17) is 16.3 Å². The van der Waals surface area contributed by atoms with Gasteiger partial charge in [0.1, 0.15) is 0 Å². The zero-order valence-electron chi connectivity index (χ0n) is 12.7. The number of piperazine rings is 1. The number of aliphatic hydroxyl groups excluding tert-OH is 1. The van der Waals surface area contributed by atoms with Gasteiger partial charge in [-0.3, -0.25) is 4.90 Å². The van der Waals surface area contributed by atoms with Crippen molar-refractivity contribution in [2.24, 2.45) is 0 Å². The van der Waals surface area contributed by atoms with E-state index in [-0.39, 0.29) is 5.88 Å². The molecule has 22 heavy (non-hydrogen) atoms. The van der Waals surface area contributed by atoms with Crippen LogP contribution in [0.2, 0.25) is 0 Å². The lowest BCUT2D eigenvalue weighted by Crippen LogP contribution is -2.56. The van der Waals surface area contributed by atoms with Crippen molar-refractivity contribution in [3.05, 3.63) is 24.3 Å². The van der Waals surface area contributed by atoms with Gasteiger partial charge < -0.3 is 20.1 Å². The number of rotatable bonds is 6. The van der Waals surface area contributed by atoms with Gasteiger partial charge in [-0.15, -0.1) is 11.6 Å². The number of halogens is 1. The molecule has 0 bridgehead atoms. The molecule has 0 aromatic heterocycles. The smallest absolute Gasteiger partial charge is 0.0847 e. The van der Waals surface area contributed by atoms with Crippen LogP contribution in [0.15, 0.2) is 24.3 Å². The molecular formula is C16H24ClN3O2. The molecule has 0 saturated carbocycles. The zero-order chi connectivity index (χ0) is 15.4. The van der Waals surface area contributed by atoms with E-state index in [9.17, 15) is 5.11 Å². The van der Waals surface area contributed by atoms with Crippen LogP contribution >= 0.6 is 11.6 Å². The molecule has 3 rings (SSSR count). The van der Waals surface area contributed by atoms with Gasteiger partial charge in [-0.05, 0) is 24.3 Å². The molecule has 1 aromatic rings. The van der Waals surface area contributed by atoms with Gasteiger partial charge in [0, 0.05) is 44.1 Å². The summed E-state index contributed by atoms with van der Waals surface area (Å²) in [6.45, 7) is 6.61. The quantitative estimate of drug-likeness (QED) is 0.770. The number of anilines is 2. The second-order valence-corrected chi connectivity index (χ2v) is 6.26. The van der Waals surface area contributed by atoms with Crippen molar-refractivity contribution in [2.45, 2.75) is 12.1 Å². The highest BCUT2D eigenvalue weighted by Crippen LogP contribution is 2.21. The van der Waals surface area contributed by atoms with Crippen molar-refractivity contribution < 1.29 is 9.84 Å². The lowest BCUT2D eigenvalue weighted by Gasteiger charge is -2.43. The first-order valence-corrected chi connectivity index (χ1v) is 8.44. The molecule has 1 unspecified atom stereocenters. The van der Waals surface area contributed by atoms with Crippen molar-refractivity contribution >= 4 is 23.0 Å². The minimum Gasteiger partial charge on any atom is -0.390 e. The van der Waals surface area contributed by atoms with Crippen LogP contribution in [-0.4, -0.2) is 74.0 Å². The Balaban J connectivity index is 1.48. The maximum atomic E-state index is 9.46. The van der Waals surface area contributed by atoms with E-state index in [1.165, 1.54) is 5.69 Å². The third kappa shape index (κ3) is 3.84. The number of nitrogens with one attached hydrogen (secondary N) is 1. The van der Waals surface area contributed by atoms with Gasteiger partial charge in [-0.1, -0.05) is 0 Å². The fourth-order valence-corrected chi connectivity index (χ4v) is 2.97. The van der Waals surface area contributed by atoms with E-state index in [0.29, 0.717) is 12.6 Å². The highest BCUT2D eigenvalue weighted by Gasteiger charge is 2.28. The molecule has 0 radical (unpaired) electrons. The summed E-state index contributed by atoms with van der Waals surface area (Å²) in [5.41, 5.74) is 2.27. The Morgan fingerprint density at radius 3 is 2.41 bits per heavy atom. The molecule has 5 nitrogen and oxygen atoms in total. The fourth-order valence-electron chi connectivity index (χ4n) is 2.86. The largest absolute Gasteiger partial charge is 0.390 e. The first-order chi connectivity index (χ1) is 10.8. The maximum Gasteiger partial charge on any atom is 0.0847 e. The summed E-state index contributed by atoms with van der Waals surface area (Å²) in [4.78, 5) is 4.96. The van der Waals surface area contributed by atoms with Gasteiger partial charge in [0.05, 0.1) is 31.2 Å². The van der Waals surface area contributed by atoms with Gasteiger partial charge in [0.2, 0.25) is 0 Å². The van der Waals surface area contributed by atoms with Crippen molar-refractivity contribution in [1.29, 1.82) is 0 Å². The molecule has 1 aromatic carbocycles. The van der Waals surface area contributed by atoms with Crippen LogP contribution in [0.3, 0.4) is 0 Å². The highest BCUT2D eigenvalue weighted by atomic mass is 35.5. The average molecular weight is 326 g/mol. The standard InChI is InChI=1S/C16H24ClN3O2/c17-9-16(21)10-18-13-1-3-14(4-2-13)19-5-7-20(8-6-19)15-11-22-12-15/h1-4,15-16,18,21H,5-12H2. The summed E-state index contributed by atoms with van der Waals surface area (Å²) < 4.78 is 5.27. The normalized spacial score (nSPS) is 21.5. The summed E-state index contributed by atoms with van der Waals surface area (Å²) in [7, 11) is 0. The topological polar surface area (TPSA) is 48.0 Å². The average Bonchev–Trinajstić information content (AvgIpc) is 2.52. The molecule has 122 valence electrons. The summed E-state index contributed by atoms with van der Waals surface area (Å²) in [5.74, 6) is 0.251. The molecule has 2 fully saturated rings. The van der Waals surface area contributed by atoms with Crippen LogP contribution in [0.4, 0.5) is 11.4 Å². The molecule has 6 heteroatoms. The second kappa shape index (κ2) is 7.51. The Labute approximate surface area is 136 Å². The Morgan fingerprint density at radius 2 is 1.86 bits per heavy atom. The first kappa shape index (κ1) is 15.9. The molecule has 1 atom stereocenters. The van der Waals surface area contributed by atoms with Gasteiger partial charge in [-0.2, -0.15) is 0 Å². The van der Waals surface area contributed by atoms with Crippen LogP contribution in [0.5, 0.6) is 0 Å². The third-order valence-corrected chi connectivity index (χ3v) is 4.76. The lowest BCUT2D eigenvalue weighted by atomic mass is 10.1. The van der Waals surface area contributed by atoms with E-state index in [1.807, 2.05) is 0 Å². The second-order valence-electron chi connectivity index (χ2n) is 5.95. The lowest BCUT2D eigenvalue weighted by molar-refractivity contribution is -0.0660. The fraction of sp³-hybridized carbons (Fsp3) is 0.625. The van der Waals surface area contributed by atoms with E-state index >= 15 is 0 Å². The maximum absolute atomic E-state index is 9.46. The van der Waals surface area contributed by atoms with Crippen LogP contribution in [0.1, 0.15) is 0 Å². The summed E-state index contributed by atoms with van der Waals surface area (Å²) in [5, 5.41) is 12.6. The van der Waals surface area contributed by atoms with Gasteiger partial charge in [0.25, 0.3) is 0 Å². The van der Waals surface area contributed by atoms with Crippen LogP contribution in [-0.2, 0) is 4.74 Å². The van der Waals surface area contributed by atoms with Crippen LogP contribution in [0, 0.1) is 0 Å². The molecule has 2 heterocycles. The minimum atomic E-state index is -0.509. The highest BCUT2D eigenvalue weighted by molar-refractivity contribution is 6.18. The number of ether oxygens (including phenoxy) is 1. The van der Waals surface area contributed by atoms with Gasteiger partial charge >= 0.3 is 0 Å². The van der Waals surface area contributed by atoms with Crippen molar-refractivity contribution in [2.75, 3.05) is 62.0 Å². The molecule has 0 amide bonds. The van der Waals surface area contributed by atoms with E-state index in [0.717, 1.165) is 45.1 Å². The molecule has 2 aliphatic rings. The van der Waals surface area contributed by atoms with E-state index in [2.05, 4.69) is 39.4 Å². The van der Waals surface area contributed by atoms with Crippen molar-refractivity contribution in [3.63, 3.8) is 0 Å². The van der Waals surface area contributed by atoms with Gasteiger partial charge in [-0.25, -0.2) is 0 Å². The predicted molar refractivity (Wildman–Crippen MR) is 90.1 cm³/mol. The molecule has 0 spiro atoms. The number of hydrogen-bond acceptors (Lipinski definition) is 5. The van der Waals surface area contributed by atoms with Crippen molar-refractivity contribution in [3.8, 4) is 0 Å². The Kier molecular flexibility index (Phi) is 5.41. The molecular weight excluding hydrogens is 302 g/mol. The number of aliphatic hydroxyl groups is 1. The summed E-state index contributed by atoms with van der Waals surface area (Å²) in [6, 6.07) is 9.03. The molecule has 2 saturated heterocycles. The van der Waals surface area contributed by atoms with E-state index < -0.39 is 6.10 Å². The zero-order valence-corrected chi connectivity index (χ0v) is 13.5. The number of hydrogen-bond donors (Lipinski definition) is 2. The SMILES string of the molecule is OC(CCl)CNc1ccc(N2CCN(C3COC3)CC2)cc1. The molecule has 0 aliphatic carbocycles. The Hall–Kier alpha value is -1.01. The van der Waals surface area contributed by atoms with E-state index in [1.54, 1.807) is 0 Å². The summed E-state index contributed by atoms with van der Waals surface area (Å²) in [6.07, 6.45) is -0.509. The molecule has 2 N–H and O–H groups in total. The molecule has 2 aliphatic heterocycles. The summed E-state index contributed by atoms with van der Waals surface area (Å²) >= 11 is 5.59. The Morgan fingerprint density at radius 1 is 1.18 bits per heavy atom. The monoisotopic (exact) mass is 325 g/mol. The number of alkyl halides is 1. The van der Waals surface area contributed by atoms with Gasteiger partial charge in [0.15, 0.2) is 0 Å². The number of nitrogens with zero attached hydrogens (tertiary/aromatic N) is 2. The predicted octanol–water partition coefficient (Wildman–Crippen LogP) is 1.22. The van der Waals surface area contributed by atoms with Crippen LogP contribution in [0.25, 0.3) is 0 Å². The minimum absolute atomic E-state index is 0.251. The van der Waals surface area contributed by atoms with Crippen LogP contribution < -0.4 is 10.2 Å². The number of benzene rings is 1. The third-order valence-electron chi connectivity index (χ3n) is 4.40. The Bertz CT molecular complexity index is 459. The first-order valence-electron chi connectivity index (χ1n) is 7.91.